The first-order chi connectivity index (χ1) is 13.2. The van der Waals surface area contributed by atoms with Crippen LogP contribution in [0.5, 0.6) is 5.75 Å². The Hall–Kier alpha value is -1.93. The number of nitrogens with zero attached hydrogens (tertiary/aromatic N) is 4. The quantitative estimate of drug-likeness (QED) is 0.285. The van der Waals surface area contributed by atoms with Crippen molar-refractivity contribution in [1.82, 2.24) is 9.47 Å². The van der Waals surface area contributed by atoms with Gasteiger partial charge in [-0.3, -0.25) is 4.90 Å². The van der Waals surface area contributed by atoms with E-state index in [0.29, 0.717) is 12.1 Å². The van der Waals surface area contributed by atoms with E-state index < -0.39 is 3.79 Å². The second kappa shape index (κ2) is 8.61. The molecule has 0 spiro atoms. The summed E-state index contributed by atoms with van der Waals surface area (Å²) in [5.41, 5.74) is 12.9. The lowest BCUT2D eigenvalue weighted by Gasteiger charge is -2.22. The number of aromatic nitrogens is 1. The fourth-order valence-electron chi connectivity index (χ4n) is 3.29. The highest BCUT2D eigenvalue weighted by atomic mass is 35.6. The molecule has 1 saturated heterocycles. The van der Waals surface area contributed by atoms with Gasteiger partial charge in [0.15, 0.2) is 0 Å². The van der Waals surface area contributed by atoms with Crippen LogP contribution in [0.1, 0.15) is 24.1 Å². The second-order valence-corrected chi connectivity index (χ2v) is 8.86. The molecule has 2 aromatic rings. The predicted octanol–water partition coefficient (Wildman–Crippen LogP) is 3.23. The summed E-state index contributed by atoms with van der Waals surface area (Å²) in [5.74, 6) is 0.0904. The monoisotopic (exact) mass is 442 g/mol. The molecule has 2 heterocycles. The van der Waals surface area contributed by atoms with Crippen LogP contribution in [0.15, 0.2) is 46.7 Å². The average molecular weight is 444 g/mol. The molecule has 1 aliphatic rings. The summed E-state index contributed by atoms with van der Waals surface area (Å²) < 4.78 is 0.366. The van der Waals surface area contributed by atoms with Crippen molar-refractivity contribution in [2.24, 2.45) is 21.7 Å². The molecule has 1 unspecified atom stereocenters. The molecular weight excluding hydrogens is 423 g/mol. The third kappa shape index (κ3) is 5.11. The average Bonchev–Trinajstić information content (AvgIpc) is 3.21. The highest BCUT2D eigenvalue weighted by Gasteiger charge is 2.26. The van der Waals surface area contributed by atoms with Gasteiger partial charge in [0.2, 0.25) is 9.75 Å². The largest absolute Gasteiger partial charge is 0.506 e. The maximum Gasteiger partial charge on any atom is 0.216 e. The Balaban J connectivity index is 1.85. The van der Waals surface area contributed by atoms with Crippen molar-refractivity contribution in [3.63, 3.8) is 0 Å². The Morgan fingerprint density at radius 2 is 2.07 bits per heavy atom. The molecule has 0 bridgehead atoms. The van der Waals surface area contributed by atoms with Gasteiger partial charge in [0.1, 0.15) is 5.75 Å². The molecule has 5 N–H and O–H groups in total. The zero-order valence-electron chi connectivity index (χ0n) is 15.0. The van der Waals surface area contributed by atoms with E-state index in [1.807, 2.05) is 16.7 Å². The van der Waals surface area contributed by atoms with Gasteiger partial charge < -0.3 is 21.1 Å². The number of nitrogens with two attached hydrogens (primary N) is 2. The molecule has 150 valence electrons. The molecule has 0 amide bonds. The van der Waals surface area contributed by atoms with Crippen LogP contribution in [-0.4, -0.2) is 39.3 Å². The van der Waals surface area contributed by atoms with Crippen molar-refractivity contribution < 1.29 is 5.11 Å². The molecule has 1 atom stereocenters. The molecule has 0 saturated carbocycles. The van der Waals surface area contributed by atoms with Gasteiger partial charge in [-0.25, -0.2) is 0 Å². The molecule has 28 heavy (non-hydrogen) atoms. The molecule has 1 aromatic heterocycles. The lowest BCUT2D eigenvalue weighted by atomic mass is 10.2. The molecule has 0 aliphatic carbocycles. The van der Waals surface area contributed by atoms with Crippen LogP contribution < -0.4 is 11.5 Å². The van der Waals surface area contributed by atoms with E-state index in [1.165, 1.54) is 0 Å². The fraction of sp³-hybridized carbons (Fsp3) is 0.333. The Bertz CT molecular complexity index is 886. The third-order valence-corrected chi connectivity index (χ3v) is 5.18. The molecule has 1 aromatic carbocycles. The number of alkyl halides is 3. The van der Waals surface area contributed by atoms with E-state index in [2.05, 4.69) is 15.1 Å². The van der Waals surface area contributed by atoms with Gasteiger partial charge in [0.05, 0.1) is 6.20 Å². The Morgan fingerprint density at radius 3 is 2.79 bits per heavy atom. The number of hydrogen-bond donors (Lipinski definition) is 3. The lowest BCUT2D eigenvalue weighted by molar-refractivity contribution is 0.292. The number of halogens is 3. The predicted molar refractivity (Wildman–Crippen MR) is 114 cm³/mol. The van der Waals surface area contributed by atoms with Crippen LogP contribution in [0.25, 0.3) is 5.69 Å². The number of benzene rings is 1. The van der Waals surface area contributed by atoms with Crippen LogP contribution in [0.2, 0.25) is 0 Å². The van der Waals surface area contributed by atoms with Crippen LogP contribution in [0.4, 0.5) is 0 Å². The van der Waals surface area contributed by atoms with Gasteiger partial charge in [0.25, 0.3) is 0 Å². The van der Waals surface area contributed by atoms with Crippen LogP contribution in [0.3, 0.4) is 0 Å². The van der Waals surface area contributed by atoms with E-state index in [0.717, 1.165) is 30.8 Å². The fourth-order valence-corrected chi connectivity index (χ4v) is 3.64. The minimum atomic E-state index is -1.52. The van der Waals surface area contributed by atoms with Gasteiger partial charge in [-0.15, -0.1) is 5.10 Å². The van der Waals surface area contributed by atoms with Crippen molar-refractivity contribution >= 4 is 47.0 Å². The van der Waals surface area contributed by atoms with Crippen molar-refractivity contribution in [1.29, 1.82) is 0 Å². The third-order valence-electron chi connectivity index (χ3n) is 4.53. The van der Waals surface area contributed by atoms with E-state index in [1.54, 1.807) is 30.6 Å². The second-order valence-electron chi connectivity index (χ2n) is 6.58. The summed E-state index contributed by atoms with van der Waals surface area (Å²) in [5, 5.41) is 17.7. The first kappa shape index (κ1) is 20.8. The summed E-state index contributed by atoms with van der Waals surface area (Å²) in [6, 6.07) is 9.08. The zero-order valence-corrected chi connectivity index (χ0v) is 17.2. The molecule has 1 fully saturated rings. The van der Waals surface area contributed by atoms with Gasteiger partial charge in [-0.2, -0.15) is 5.10 Å². The van der Waals surface area contributed by atoms with E-state index in [9.17, 15) is 5.11 Å². The number of likely N-dealkylation sites (tertiary alicyclic amines) is 1. The summed E-state index contributed by atoms with van der Waals surface area (Å²) in [6.07, 6.45) is 5.38. The number of aromatic hydroxyl groups is 1. The van der Waals surface area contributed by atoms with E-state index in [4.69, 9.17) is 46.3 Å². The standard InChI is InChI=1S/C18H21Cl3N6O/c19-18(20,21)12-3-1-4-13(7-12)27-11-16(28)8-15(27)10-26-6-2-5-14(26)9-24-25-17(22)23/h1,3-4,7-9,11,14,28H,2,5-6,10H2,(H4,22,23,25)/b24-9+. The zero-order chi connectivity index (χ0) is 20.3. The maximum atomic E-state index is 10.1. The highest BCUT2D eigenvalue weighted by Crippen LogP contribution is 2.39. The van der Waals surface area contributed by atoms with Gasteiger partial charge in [0, 0.05) is 41.8 Å². The van der Waals surface area contributed by atoms with Crippen LogP contribution >= 0.6 is 34.8 Å². The Morgan fingerprint density at radius 1 is 1.29 bits per heavy atom. The van der Waals surface area contributed by atoms with E-state index in [-0.39, 0.29) is 17.8 Å². The molecule has 0 radical (unpaired) electrons. The molecule has 10 heteroatoms. The van der Waals surface area contributed by atoms with Gasteiger partial charge in [-0.1, -0.05) is 46.9 Å². The normalized spacial score (nSPS) is 18.0. The smallest absolute Gasteiger partial charge is 0.216 e. The number of hydrogen-bond acceptors (Lipinski definition) is 4. The molecular formula is C18H21Cl3N6O. The Labute approximate surface area is 178 Å². The molecule has 1 aliphatic heterocycles. The minimum Gasteiger partial charge on any atom is -0.506 e. The van der Waals surface area contributed by atoms with Crippen molar-refractivity contribution in [2.45, 2.75) is 29.2 Å². The van der Waals surface area contributed by atoms with Crippen molar-refractivity contribution in [2.75, 3.05) is 6.54 Å². The first-order valence-corrected chi connectivity index (χ1v) is 9.81. The Kier molecular flexibility index (Phi) is 6.40. The number of rotatable bonds is 5. The molecule has 7 nitrogen and oxygen atoms in total. The summed E-state index contributed by atoms with van der Waals surface area (Å²) >= 11 is 18.0. The SMILES string of the molecule is NC(N)=N/N=C/C1CCCN1Cc1cc(O)cn1-c1cccc(C(Cl)(Cl)Cl)c1. The highest BCUT2D eigenvalue weighted by molar-refractivity contribution is 6.66. The van der Waals surface area contributed by atoms with Crippen molar-refractivity contribution in [3.8, 4) is 11.4 Å². The summed E-state index contributed by atoms with van der Waals surface area (Å²) in [4.78, 5) is 2.25. The van der Waals surface area contributed by atoms with E-state index >= 15 is 0 Å². The summed E-state index contributed by atoms with van der Waals surface area (Å²) in [7, 11) is 0. The van der Waals surface area contributed by atoms with Gasteiger partial charge in [-0.05, 0) is 31.5 Å². The summed E-state index contributed by atoms with van der Waals surface area (Å²) in [6.45, 7) is 1.51. The lowest BCUT2D eigenvalue weighted by Crippen LogP contribution is -2.31. The minimum absolute atomic E-state index is 0.0755. The van der Waals surface area contributed by atoms with Crippen LogP contribution in [-0.2, 0) is 10.3 Å². The topological polar surface area (TPSA) is 105 Å². The van der Waals surface area contributed by atoms with Gasteiger partial charge >= 0.3 is 0 Å². The first-order valence-electron chi connectivity index (χ1n) is 8.68. The molecule has 3 rings (SSSR count). The maximum absolute atomic E-state index is 10.1. The van der Waals surface area contributed by atoms with Crippen molar-refractivity contribution in [3.05, 3.63) is 47.8 Å². The number of guanidine groups is 1. The van der Waals surface area contributed by atoms with Crippen LogP contribution in [0, 0.1) is 0 Å².